The summed E-state index contributed by atoms with van der Waals surface area (Å²) >= 11 is 0. The molecule has 3 unspecified atom stereocenters. The van der Waals surface area contributed by atoms with Crippen molar-refractivity contribution in [3.05, 3.63) is 35.9 Å². The highest BCUT2D eigenvalue weighted by molar-refractivity contribution is 5.92. The van der Waals surface area contributed by atoms with Crippen LogP contribution in [0.3, 0.4) is 0 Å². The van der Waals surface area contributed by atoms with Gasteiger partial charge in [-0.1, -0.05) is 37.3 Å². The first kappa shape index (κ1) is 17.0. The number of carbonyl (C=O) groups is 2. The van der Waals surface area contributed by atoms with E-state index >= 15 is 0 Å². The number of rotatable bonds is 5. The smallest absolute Gasteiger partial charge is 0.226 e. The Labute approximate surface area is 144 Å². The number of hydrogen-bond donors (Lipinski definition) is 1. The van der Waals surface area contributed by atoms with Crippen LogP contribution in [0, 0.1) is 11.8 Å². The van der Waals surface area contributed by atoms with E-state index in [1.807, 2.05) is 42.2 Å². The number of carbonyl (C=O) groups excluding carboxylic acids is 2. The predicted octanol–water partition coefficient (Wildman–Crippen LogP) is 1.66. The second-order valence-corrected chi connectivity index (χ2v) is 6.85. The van der Waals surface area contributed by atoms with Gasteiger partial charge in [-0.25, -0.2) is 0 Å². The van der Waals surface area contributed by atoms with Gasteiger partial charge in [-0.05, 0) is 25.5 Å². The Morgan fingerprint density at radius 2 is 1.79 bits per heavy atom. The van der Waals surface area contributed by atoms with Gasteiger partial charge >= 0.3 is 0 Å². The van der Waals surface area contributed by atoms with Crippen molar-refractivity contribution in [1.29, 1.82) is 0 Å². The fraction of sp³-hybridized carbons (Fsp3) is 0.579. The molecule has 5 heteroatoms. The van der Waals surface area contributed by atoms with Crippen molar-refractivity contribution >= 4 is 11.8 Å². The zero-order valence-electron chi connectivity index (χ0n) is 14.6. The van der Waals surface area contributed by atoms with Gasteiger partial charge in [0.25, 0.3) is 0 Å². The molecule has 1 saturated heterocycles. The molecular weight excluding hydrogens is 302 g/mol. The number of amides is 2. The summed E-state index contributed by atoms with van der Waals surface area (Å²) in [5.74, 6) is -0.0795. The van der Waals surface area contributed by atoms with Crippen LogP contribution in [-0.2, 0) is 9.59 Å². The van der Waals surface area contributed by atoms with Crippen molar-refractivity contribution in [1.82, 2.24) is 15.1 Å². The minimum atomic E-state index is -0.145. The standard InChI is InChI=1S/C19H27N3O2/c1-3-21-9-11-22(12-10-21)19(24)17-13-16(17)18(23)20-14(2)15-7-5-4-6-8-15/h4-8,14,16-17H,3,9-13H2,1-2H3,(H,20,23). The van der Waals surface area contributed by atoms with Crippen molar-refractivity contribution in [3.63, 3.8) is 0 Å². The van der Waals surface area contributed by atoms with Gasteiger partial charge in [0.2, 0.25) is 11.8 Å². The van der Waals surface area contributed by atoms with Crippen LogP contribution in [0.25, 0.3) is 0 Å². The maximum atomic E-state index is 12.6. The third-order valence-electron chi connectivity index (χ3n) is 5.23. The average molecular weight is 329 g/mol. The van der Waals surface area contributed by atoms with Crippen LogP contribution in [0.4, 0.5) is 0 Å². The fourth-order valence-electron chi connectivity index (χ4n) is 3.42. The number of nitrogens with zero attached hydrogens (tertiary/aromatic N) is 2. The summed E-state index contributed by atoms with van der Waals surface area (Å²) in [5.41, 5.74) is 1.09. The lowest BCUT2D eigenvalue weighted by molar-refractivity contribution is -0.136. The molecule has 2 fully saturated rings. The number of hydrogen-bond acceptors (Lipinski definition) is 3. The number of benzene rings is 1. The molecule has 2 aliphatic rings. The molecule has 0 aromatic heterocycles. The van der Waals surface area contributed by atoms with E-state index in [1.54, 1.807) is 0 Å². The second-order valence-electron chi connectivity index (χ2n) is 6.85. The van der Waals surface area contributed by atoms with Crippen LogP contribution in [0.1, 0.15) is 31.9 Å². The molecule has 1 N–H and O–H groups in total. The average Bonchev–Trinajstić information content (AvgIpc) is 3.43. The number of likely N-dealkylation sites (N-methyl/N-ethyl adjacent to an activating group) is 1. The second kappa shape index (κ2) is 7.34. The predicted molar refractivity (Wildman–Crippen MR) is 93.3 cm³/mol. The van der Waals surface area contributed by atoms with E-state index in [4.69, 9.17) is 0 Å². The minimum Gasteiger partial charge on any atom is -0.349 e. The lowest BCUT2D eigenvalue weighted by Crippen LogP contribution is -2.49. The van der Waals surface area contributed by atoms with Gasteiger partial charge in [0.15, 0.2) is 0 Å². The quantitative estimate of drug-likeness (QED) is 0.894. The van der Waals surface area contributed by atoms with Crippen molar-refractivity contribution in [2.75, 3.05) is 32.7 Å². The summed E-state index contributed by atoms with van der Waals surface area (Å²) in [7, 11) is 0. The van der Waals surface area contributed by atoms with Crippen LogP contribution < -0.4 is 5.32 Å². The van der Waals surface area contributed by atoms with Gasteiger partial charge in [0.1, 0.15) is 0 Å². The van der Waals surface area contributed by atoms with Gasteiger partial charge in [-0.3, -0.25) is 9.59 Å². The SMILES string of the molecule is CCN1CCN(C(=O)C2CC2C(=O)NC(C)c2ccccc2)CC1. The van der Waals surface area contributed by atoms with Gasteiger partial charge in [0.05, 0.1) is 17.9 Å². The topological polar surface area (TPSA) is 52.7 Å². The van der Waals surface area contributed by atoms with Crippen molar-refractivity contribution in [2.24, 2.45) is 11.8 Å². The monoisotopic (exact) mass is 329 g/mol. The molecule has 3 atom stereocenters. The molecule has 1 aliphatic carbocycles. The molecule has 1 aromatic carbocycles. The lowest BCUT2D eigenvalue weighted by atomic mass is 10.1. The molecule has 1 saturated carbocycles. The molecule has 2 amide bonds. The van der Waals surface area contributed by atoms with E-state index in [0.29, 0.717) is 6.42 Å². The summed E-state index contributed by atoms with van der Waals surface area (Å²) in [6, 6.07) is 9.89. The molecule has 5 nitrogen and oxygen atoms in total. The molecule has 3 rings (SSSR count). The van der Waals surface area contributed by atoms with Crippen LogP contribution >= 0.6 is 0 Å². The zero-order valence-corrected chi connectivity index (χ0v) is 14.6. The van der Waals surface area contributed by atoms with E-state index in [-0.39, 0.29) is 29.7 Å². The summed E-state index contributed by atoms with van der Waals surface area (Å²) in [5, 5.41) is 3.04. The van der Waals surface area contributed by atoms with Crippen LogP contribution in [0.5, 0.6) is 0 Å². The van der Waals surface area contributed by atoms with Gasteiger partial charge < -0.3 is 15.1 Å². The van der Waals surface area contributed by atoms with E-state index in [0.717, 1.165) is 38.3 Å². The number of nitrogens with one attached hydrogen (secondary N) is 1. The summed E-state index contributed by atoms with van der Waals surface area (Å²) in [6.45, 7) is 8.63. The van der Waals surface area contributed by atoms with E-state index < -0.39 is 0 Å². The van der Waals surface area contributed by atoms with Crippen molar-refractivity contribution in [3.8, 4) is 0 Å². The summed E-state index contributed by atoms with van der Waals surface area (Å²) in [4.78, 5) is 29.2. The fourth-order valence-corrected chi connectivity index (χ4v) is 3.42. The van der Waals surface area contributed by atoms with E-state index in [1.165, 1.54) is 0 Å². The molecule has 0 radical (unpaired) electrons. The molecular formula is C19H27N3O2. The van der Waals surface area contributed by atoms with E-state index in [2.05, 4.69) is 17.1 Å². The highest BCUT2D eigenvalue weighted by Gasteiger charge is 2.49. The minimum absolute atomic E-state index is 0.0110. The van der Waals surface area contributed by atoms with Crippen LogP contribution in [-0.4, -0.2) is 54.3 Å². The summed E-state index contributed by atoms with van der Waals surface area (Å²) in [6.07, 6.45) is 0.695. The molecule has 1 heterocycles. The van der Waals surface area contributed by atoms with Gasteiger partial charge in [0, 0.05) is 26.2 Å². The van der Waals surface area contributed by atoms with Crippen LogP contribution in [0.15, 0.2) is 30.3 Å². The van der Waals surface area contributed by atoms with Gasteiger partial charge in [-0.2, -0.15) is 0 Å². The first-order valence-electron chi connectivity index (χ1n) is 8.96. The van der Waals surface area contributed by atoms with Crippen LogP contribution in [0.2, 0.25) is 0 Å². The van der Waals surface area contributed by atoms with E-state index in [9.17, 15) is 9.59 Å². The Morgan fingerprint density at radius 1 is 1.12 bits per heavy atom. The maximum Gasteiger partial charge on any atom is 0.226 e. The van der Waals surface area contributed by atoms with Crippen molar-refractivity contribution in [2.45, 2.75) is 26.3 Å². The molecule has 1 aromatic rings. The Morgan fingerprint density at radius 3 is 2.42 bits per heavy atom. The third-order valence-corrected chi connectivity index (χ3v) is 5.23. The molecule has 0 bridgehead atoms. The Kier molecular flexibility index (Phi) is 5.19. The highest BCUT2D eigenvalue weighted by atomic mass is 16.2. The molecule has 0 spiro atoms. The molecule has 24 heavy (non-hydrogen) atoms. The normalized spacial score (nSPS) is 25.2. The lowest BCUT2D eigenvalue weighted by Gasteiger charge is -2.34. The number of piperazine rings is 1. The largest absolute Gasteiger partial charge is 0.349 e. The van der Waals surface area contributed by atoms with Crippen molar-refractivity contribution < 1.29 is 9.59 Å². The highest BCUT2D eigenvalue weighted by Crippen LogP contribution is 2.40. The summed E-state index contributed by atoms with van der Waals surface area (Å²) < 4.78 is 0. The molecule has 130 valence electrons. The van der Waals surface area contributed by atoms with Gasteiger partial charge in [-0.15, -0.1) is 0 Å². The third kappa shape index (κ3) is 3.78. The Bertz CT molecular complexity index is 582. The maximum absolute atomic E-state index is 12.6. The Balaban J connectivity index is 1.48. The first-order valence-corrected chi connectivity index (χ1v) is 8.96. The zero-order chi connectivity index (χ0) is 17.1. The first-order chi connectivity index (χ1) is 11.6. The Hall–Kier alpha value is -1.88. The molecule has 1 aliphatic heterocycles.